The fourth-order valence-corrected chi connectivity index (χ4v) is 53.9. The second-order valence-electron chi connectivity index (χ2n) is 20.3. The third-order valence-corrected chi connectivity index (χ3v) is 51.9. The van der Waals surface area contributed by atoms with Gasteiger partial charge in [0.1, 0.15) is 0 Å². The monoisotopic (exact) mass is 1260 g/mol. The highest BCUT2D eigenvalue weighted by atomic mass is 33.7. The molecule has 7 saturated carbocycles. The van der Waals surface area contributed by atoms with Crippen molar-refractivity contribution in [2.45, 2.75) is 206 Å². The van der Waals surface area contributed by atoms with Gasteiger partial charge in [0.05, 0.1) is 4.08 Å². The van der Waals surface area contributed by atoms with E-state index in [-0.39, 0.29) is 18.3 Å². The first-order valence-electron chi connectivity index (χ1n) is 27.3. The number of hydrogen-bond acceptors (Lipinski definition) is 21. The number of fused-ring (bicyclic) bond motifs is 6. The molecule has 0 amide bonds. The summed E-state index contributed by atoms with van der Waals surface area (Å²) >= 11 is 0. The van der Waals surface area contributed by atoms with E-state index < -0.39 is 26.4 Å². The van der Waals surface area contributed by atoms with Crippen LogP contribution in [0.5, 0.6) is 0 Å². The molecule has 0 aliphatic heterocycles. The summed E-state index contributed by atoms with van der Waals surface area (Å²) < 4.78 is 60.1. The first-order valence-corrected chi connectivity index (χ1v) is 47.3. The van der Waals surface area contributed by atoms with Crippen molar-refractivity contribution in [3.63, 3.8) is 0 Å². The second-order valence-corrected chi connectivity index (χ2v) is 48.0. The molecule has 7 aliphatic carbocycles. The highest BCUT2D eigenvalue weighted by Gasteiger charge is 2.68. The van der Waals surface area contributed by atoms with Crippen LogP contribution in [0.15, 0.2) is 0 Å². The summed E-state index contributed by atoms with van der Waals surface area (Å²) in [6, 6.07) is 0. The van der Waals surface area contributed by atoms with Gasteiger partial charge < -0.3 is 39.8 Å². The predicted octanol–water partition coefficient (Wildman–Crippen LogP) is 18.4. The first kappa shape index (κ1) is 63.1. The highest BCUT2D eigenvalue weighted by Crippen LogP contribution is 2.74. The third kappa shape index (κ3) is 14.6. The van der Waals surface area contributed by atoms with Crippen molar-refractivity contribution >= 4 is 150 Å². The van der Waals surface area contributed by atoms with Crippen LogP contribution in [0.25, 0.3) is 0 Å². The fraction of sp³-hybridized carbons (Fsp3) is 1.00. The van der Waals surface area contributed by atoms with Gasteiger partial charge in [-0.05, 0) is 241 Å². The Morgan fingerprint density at radius 2 is 0.704 bits per heavy atom. The smallest absolute Gasteiger partial charge is 0.374 e. The van der Waals surface area contributed by atoms with Crippen molar-refractivity contribution in [3.05, 3.63) is 0 Å². The fourth-order valence-electron chi connectivity index (χ4n) is 13.9. The van der Waals surface area contributed by atoms with Gasteiger partial charge in [0.2, 0.25) is 0 Å². The standard InChI is InChI=1S/C47H88O9S12Si3/c1-10-48-69(49-11-2,50-12-3)41-31-37-22-27-44(41,34-37)58-64-63-57-30-25-40-21-19-20-26-47(40,61-67-65-59-45-28-23-38(35-45)32-42(45)70(51-13-4,52-14-5)53-15-6)62-68-66-60-46-29-24-39(36-46)33-43(46)71(54-16-7,55-17-8)56-18-9/h37-43H,10-36H2,1-9H3. The Morgan fingerprint density at radius 3 is 1.03 bits per heavy atom. The minimum atomic E-state index is -2.84. The molecule has 0 radical (unpaired) electrons. The van der Waals surface area contributed by atoms with Gasteiger partial charge in [-0.1, -0.05) is 77.6 Å². The Morgan fingerprint density at radius 1 is 0.380 bits per heavy atom. The van der Waals surface area contributed by atoms with Crippen LogP contribution in [-0.4, -0.2) is 110 Å². The maximum atomic E-state index is 6.63. The van der Waals surface area contributed by atoms with Crippen LogP contribution in [0.2, 0.25) is 16.6 Å². The molecular weight excluding hydrogens is 1180 g/mol. The maximum Gasteiger partial charge on any atom is 0.505 e. The maximum absolute atomic E-state index is 6.63. The summed E-state index contributed by atoms with van der Waals surface area (Å²) in [5.41, 5.74) is 1.10. The van der Waals surface area contributed by atoms with Crippen molar-refractivity contribution < 1.29 is 39.8 Å². The Hall–Kier alpha value is 4.49. The molecule has 414 valence electrons. The SMILES string of the molecule is CCO[Si](OCC)(OCC)C1CC2CCC1(SSSSCCC1CCCCC1(SSSSC13CCC(CC1[Si](OCC)(OCC)OCC)C3)SSSSC13CCC(CC1[Si](OCC)(OCC)OCC)C3)C2. The summed E-state index contributed by atoms with van der Waals surface area (Å²) in [4.78, 5) is 0. The van der Waals surface area contributed by atoms with E-state index in [4.69, 9.17) is 39.8 Å². The number of hydrogen-bond donors (Lipinski definition) is 0. The summed E-state index contributed by atoms with van der Waals surface area (Å²) in [6.07, 6.45) is 21.5. The van der Waals surface area contributed by atoms with Crippen LogP contribution in [0, 0.1) is 23.7 Å². The lowest BCUT2D eigenvalue weighted by Gasteiger charge is -2.44. The zero-order valence-electron chi connectivity index (χ0n) is 44.2. The molecule has 0 aromatic rings. The van der Waals surface area contributed by atoms with Crippen molar-refractivity contribution in [1.29, 1.82) is 0 Å². The molecule has 0 aromatic heterocycles. The van der Waals surface area contributed by atoms with Gasteiger partial charge in [0, 0.05) is 96.1 Å². The molecule has 0 spiro atoms. The van der Waals surface area contributed by atoms with Crippen LogP contribution in [0.1, 0.15) is 171 Å². The van der Waals surface area contributed by atoms with Gasteiger partial charge in [-0.15, -0.1) is 0 Å². The minimum Gasteiger partial charge on any atom is -0.374 e. The Kier molecular flexibility index (Phi) is 26.8. The van der Waals surface area contributed by atoms with Gasteiger partial charge in [0.15, 0.2) is 0 Å². The van der Waals surface area contributed by atoms with Gasteiger partial charge >= 0.3 is 26.4 Å². The van der Waals surface area contributed by atoms with Crippen molar-refractivity contribution in [2.24, 2.45) is 23.7 Å². The summed E-state index contributed by atoms with van der Waals surface area (Å²) in [5, 5.41) is 0. The van der Waals surface area contributed by atoms with Crippen LogP contribution in [-0.2, 0) is 39.8 Å². The lowest BCUT2D eigenvalue weighted by Crippen LogP contribution is -2.55. The first-order chi connectivity index (χ1) is 34.5. The van der Waals surface area contributed by atoms with Crippen LogP contribution in [0.4, 0.5) is 0 Å². The van der Waals surface area contributed by atoms with Crippen LogP contribution < -0.4 is 0 Å². The molecule has 0 heterocycles. The molecule has 10 unspecified atom stereocenters. The second kappa shape index (κ2) is 30.2. The average Bonchev–Trinajstić information content (AvgIpc) is 4.24. The van der Waals surface area contributed by atoms with Crippen molar-refractivity contribution in [3.8, 4) is 0 Å². The van der Waals surface area contributed by atoms with Crippen LogP contribution in [0.3, 0.4) is 0 Å². The van der Waals surface area contributed by atoms with Crippen LogP contribution >= 0.6 is 124 Å². The van der Waals surface area contributed by atoms with Crippen molar-refractivity contribution in [2.75, 3.05) is 65.2 Å². The molecule has 10 atom stereocenters. The molecular formula is C47H88O9S12Si3. The topological polar surface area (TPSA) is 83.1 Å². The lowest BCUT2D eigenvalue weighted by molar-refractivity contribution is 0.0553. The van der Waals surface area contributed by atoms with Gasteiger partial charge in [-0.2, -0.15) is 0 Å². The largest absolute Gasteiger partial charge is 0.505 e. The quantitative estimate of drug-likeness (QED) is 0.0254. The summed E-state index contributed by atoms with van der Waals surface area (Å²) in [7, 11) is 16.8. The van der Waals surface area contributed by atoms with E-state index in [1.54, 1.807) is 0 Å². The van der Waals surface area contributed by atoms with Crippen molar-refractivity contribution in [1.82, 2.24) is 0 Å². The molecule has 0 aromatic carbocycles. The van der Waals surface area contributed by atoms with Gasteiger partial charge in [-0.3, -0.25) is 0 Å². The molecule has 7 fully saturated rings. The van der Waals surface area contributed by atoms with E-state index in [1.807, 2.05) is 19.7 Å². The number of rotatable bonds is 38. The van der Waals surface area contributed by atoms with E-state index in [0.29, 0.717) is 82.0 Å². The Bertz CT molecular complexity index is 1480. The Balaban J connectivity index is 1.01. The lowest BCUT2D eigenvalue weighted by atomic mass is 9.86. The zero-order chi connectivity index (χ0) is 50.5. The molecule has 71 heavy (non-hydrogen) atoms. The molecule has 6 bridgehead atoms. The zero-order valence-corrected chi connectivity index (χ0v) is 57.0. The summed E-state index contributed by atoms with van der Waals surface area (Å²) in [5.74, 6) is 4.11. The normalized spacial score (nSPS) is 34.7. The molecule has 7 aliphatic rings. The molecule has 0 saturated heterocycles. The van der Waals surface area contributed by atoms with E-state index >= 15 is 0 Å². The molecule has 0 N–H and O–H groups in total. The molecule has 7 rings (SSSR count). The molecule has 9 nitrogen and oxygen atoms in total. The predicted molar refractivity (Wildman–Crippen MR) is 332 cm³/mol. The highest BCUT2D eigenvalue weighted by molar-refractivity contribution is 9.29. The van der Waals surface area contributed by atoms with E-state index in [2.05, 4.69) is 166 Å². The van der Waals surface area contributed by atoms with Gasteiger partial charge in [0.25, 0.3) is 0 Å². The average molecular weight is 1270 g/mol. The minimum absolute atomic E-state index is 0.138. The van der Waals surface area contributed by atoms with Gasteiger partial charge in [-0.25, -0.2) is 0 Å². The third-order valence-electron chi connectivity index (χ3n) is 16.4. The summed E-state index contributed by atoms with van der Waals surface area (Å²) in [6.45, 7) is 24.8. The van der Waals surface area contributed by atoms with E-state index in [0.717, 1.165) is 17.8 Å². The van der Waals surface area contributed by atoms with E-state index in [9.17, 15) is 0 Å². The van der Waals surface area contributed by atoms with E-state index in [1.165, 1.54) is 115 Å². The Labute approximate surface area is 480 Å². The molecule has 24 heteroatoms.